The molecule has 6 nitrogen and oxygen atoms in total. The van der Waals surface area contributed by atoms with Crippen LogP contribution < -0.4 is 14.6 Å². The Balaban J connectivity index is 1.33. The molecule has 1 heterocycles. The van der Waals surface area contributed by atoms with E-state index in [1.807, 2.05) is 6.07 Å². The maximum atomic E-state index is 11.2. The van der Waals surface area contributed by atoms with E-state index in [4.69, 9.17) is 9.88 Å². The third-order valence-electron chi connectivity index (χ3n) is 6.87. The number of hydrogen-bond donors (Lipinski definition) is 2. The van der Waals surface area contributed by atoms with Crippen molar-refractivity contribution in [3.8, 4) is 5.75 Å². The monoisotopic (exact) mass is 529 g/mol. The molecule has 1 aliphatic carbocycles. The van der Waals surface area contributed by atoms with Crippen LogP contribution in [0.3, 0.4) is 0 Å². The number of piperidine rings is 1. The van der Waals surface area contributed by atoms with Gasteiger partial charge in [-0.1, -0.05) is 15.9 Å². The molecule has 1 aliphatic heterocycles. The molecule has 0 atom stereocenters. The van der Waals surface area contributed by atoms with E-state index in [-0.39, 0.29) is 12.1 Å². The molecule has 0 spiro atoms. The van der Waals surface area contributed by atoms with Gasteiger partial charge in [0.1, 0.15) is 5.75 Å². The summed E-state index contributed by atoms with van der Waals surface area (Å²) >= 11 is 3.72. The maximum Gasteiger partial charge on any atom is 0.274 e. The molecule has 1 aromatic rings. The smallest absolute Gasteiger partial charge is 0.274 e. The molecule has 1 aromatic carbocycles. The first kappa shape index (κ1) is 25.9. The van der Waals surface area contributed by atoms with Gasteiger partial charge in [-0.25, -0.2) is 5.14 Å². The SMILES string of the molecule is CC(C)Oc1ccc(Br)c(CC2CCN(CCC[C@H]3CC[C@H](NS(N)(=O)=O)CC3)CC2)c1. The molecular formula is C24H40BrN3O3S. The zero-order valence-electron chi connectivity index (χ0n) is 19.6. The molecule has 0 bridgehead atoms. The van der Waals surface area contributed by atoms with Crippen molar-refractivity contribution >= 4 is 26.1 Å². The standard InChI is InChI=1S/C24H40BrN3O3S/c1-18(2)31-23-9-10-24(25)21(17-23)16-20-11-14-28(15-12-20)13-3-4-19-5-7-22(8-6-19)27-32(26,29)30/h9-10,17-20,22,27H,3-8,11-16H2,1-2H3,(H2,26,29,30)/t19-,22-. The number of nitrogens with one attached hydrogen (secondary N) is 1. The van der Waals surface area contributed by atoms with Crippen LogP contribution in [-0.2, 0) is 16.6 Å². The second-order valence-electron chi connectivity index (χ2n) is 9.93. The van der Waals surface area contributed by atoms with Gasteiger partial charge in [-0.2, -0.15) is 13.1 Å². The van der Waals surface area contributed by atoms with E-state index in [9.17, 15) is 8.42 Å². The molecule has 1 saturated heterocycles. The summed E-state index contributed by atoms with van der Waals surface area (Å²) in [5, 5.41) is 5.10. The van der Waals surface area contributed by atoms with Crippen molar-refractivity contribution in [3.63, 3.8) is 0 Å². The third kappa shape index (κ3) is 8.93. The van der Waals surface area contributed by atoms with Crippen LogP contribution in [-0.4, -0.2) is 45.1 Å². The first-order valence-corrected chi connectivity index (χ1v) is 14.5. The van der Waals surface area contributed by atoms with E-state index in [2.05, 4.69) is 51.5 Å². The van der Waals surface area contributed by atoms with E-state index >= 15 is 0 Å². The predicted molar refractivity (Wildman–Crippen MR) is 134 cm³/mol. The van der Waals surface area contributed by atoms with Crippen molar-refractivity contribution in [2.75, 3.05) is 19.6 Å². The lowest BCUT2D eigenvalue weighted by Gasteiger charge is -2.33. The van der Waals surface area contributed by atoms with Crippen molar-refractivity contribution in [1.82, 2.24) is 9.62 Å². The van der Waals surface area contributed by atoms with Gasteiger partial charge in [-0.15, -0.1) is 0 Å². The Labute approximate surface area is 203 Å². The summed E-state index contributed by atoms with van der Waals surface area (Å²) in [5.74, 6) is 2.42. The lowest BCUT2D eigenvalue weighted by molar-refractivity contribution is 0.174. The van der Waals surface area contributed by atoms with E-state index in [1.54, 1.807) is 0 Å². The van der Waals surface area contributed by atoms with Crippen LogP contribution >= 0.6 is 15.9 Å². The van der Waals surface area contributed by atoms with Crippen molar-refractivity contribution in [3.05, 3.63) is 28.2 Å². The van der Waals surface area contributed by atoms with Gasteiger partial charge in [-0.3, -0.25) is 0 Å². The second kappa shape index (κ2) is 12.2. The van der Waals surface area contributed by atoms with Gasteiger partial charge in [0.15, 0.2) is 0 Å². The molecule has 2 fully saturated rings. The van der Waals surface area contributed by atoms with Crippen LogP contribution in [0.1, 0.15) is 70.8 Å². The molecule has 0 unspecified atom stereocenters. The average Bonchev–Trinajstić information content (AvgIpc) is 2.71. The number of hydrogen-bond acceptors (Lipinski definition) is 4. The lowest BCUT2D eigenvalue weighted by atomic mass is 9.83. The minimum Gasteiger partial charge on any atom is -0.491 e. The van der Waals surface area contributed by atoms with E-state index in [0.717, 1.165) is 49.7 Å². The van der Waals surface area contributed by atoms with Gasteiger partial charge in [0, 0.05) is 10.5 Å². The molecule has 32 heavy (non-hydrogen) atoms. The van der Waals surface area contributed by atoms with Crippen LogP contribution in [0.5, 0.6) is 5.75 Å². The fourth-order valence-electron chi connectivity index (χ4n) is 5.18. The Kier molecular flexibility index (Phi) is 9.85. The molecule has 3 rings (SSSR count). The molecule has 0 aromatic heterocycles. The average molecular weight is 531 g/mol. The quantitative estimate of drug-likeness (QED) is 0.462. The predicted octanol–water partition coefficient (Wildman–Crippen LogP) is 4.62. The van der Waals surface area contributed by atoms with Crippen molar-refractivity contribution in [1.29, 1.82) is 0 Å². The van der Waals surface area contributed by atoms with E-state index < -0.39 is 10.2 Å². The summed E-state index contributed by atoms with van der Waals surface area (Å²) in [7, 11) is -3.57. The van der Waals surface area contributed by atoms with Crippen molar-refractivity contribution in [2.45, 2.75) is 83.8 Å². The number of ether oxygens (including phenoxy) is 1. The highest BCUT2D eigenvalue weighted by Crippen LogP contribution is 2.30. The number of likely N-dealkylation sites (tertiary alicyclic amines) is 1. The summed E-state index contributed by atoms with van der Waals surface area (Å²) in [6.45, 7) is 7.69. The van der Waals surface area contributed by atoms with Gasteiger partial charge in [-0.05, 0) is 127 Å². The topological polar surface area (TPSA) is 84.7 Å². The van der Waals surface area contributed by atoms with Crippen LogP contribution in [0.15, 0.2) is 22.7 Å². The van der Waals surface area contributed by atoms with Crippen LogP contribution in [0.2, 0.25) is 0 Å². The molecule has 0 amide bonds. The Morgan fingerprint density at radius 3 is 2.44 bits per heavy atom. The molecule has 2 aliphatic rings. The van der Waals surface area contributed by atoms with Gasteiger partial charge >= 0.3 is 0 Å². The van der Waals surface area contributed by atoms with Crippen LogP contribution in [0.4, 0.5) is 0 Å². The number of rotatable bonds is 10. The van der Waals surface area contributed by atoms with Crippen LogP contribution in [0.25, 0.3) is 0 Å². The highest BCUT2D eigenvalue weighted by molar-refractivity contribution is 9.10. The van der Waals surface area contributed by atoms with Crippen LogP contribution in [0, 0.1) is 11.8 Å². The summed E-state index contributed by atoms with van der Waals surface area (Å²) in [4.78, 5) is 2.62. The summed E-state index contributed by atoms with van der Waals surface area (Å²) in [6.07, 6.45) is 10.3. The molecule has 182 valence electrons. The Morgan fingerprint density at radius 1 is 1.12 bits per heavy atom. The highest BCUT2D eigenvalue weighted by Gasteiger charge is 2.24. The number of halogens is 1. The number of benzene rings is 1. The molecular weight excluding hydrogens is 490 g/mol. The Morgan fingerprint density at radius 2 is 1.81 bits per heavy atom. The van der Waals surface area contributed by atoms with Crippen molar-refractivity contribution in [2.24, 2.45) is 17.0 Å². The minimum absolute atomic E-state index is 0.0259. The first-order chi connectivity index (χ1) is 15.2. The summed E-state index contributed by atoms with van der Waals surface area (Å²) < 4.78 is 32.0. The largest absolute Gasteiger partial charge is 0.491 e. The zero-order chi connectivity index (χ0) is 23.1. The molecule has 8 heteroatoms. The van der Waals surface area contributed by atoms with Gasteiger partial charge < -0.3 is 9.64 Å². The molecule has 0 radical (unpaired) electrons. The highest BCUT2D eigenvalue weighted by atomic mass is 79.9. The Bertz CT molecular complexity index is 818. The molecule has 3 N–H and O–H groups in total. The number of nitrogens with zero attached hydrogens (tertiary/aromatic N) is 1. The maximum absolute atomic E-state index is 11.2. The fourth-order valence-corrected chi connectivity index (χ4v) is 6.29. The minimum atomic E-state index is -3.57. The second-order valence-corrected chi connectivity index (χ2v) is 12.1. The summed E-state index contributed by atoms with van der Waals surface area (Å²) in [6, 6.07) is 6.38. The van der Waals surface area contributed by atoms with E-state index in [0.29, 0.717) is 0 Å². The Hall–Kier alpha value is -0.670. The zero-order valence-corrected chi connectivity index (χ0v) is 22.0. The molecule has 1 saturated carbocycles. The van der Waals surface area contributed by atoms with Gasteiger partial charge in [0.05, 0.1) is 6.10 Å². The fraction of sp³-hybridized carbons (Fsp3) is 0.750. The summed E-state index contributed by atoms with van der Waals surface area (Å²) in [5.41, 5.74) is 1.36. The van der Waals surface area contributed by atoms with E-state index in [1.165, 1.54) is 55.4 Å². The normalized spacial score (nSPS) is 23.5. The number of nitrogens with two attached hydrogens (primary N) is 1. The first-order valence-electron chi connectivity index (χ1n) is 12.2. The van der Waals surface area contributed by atoms with Gasteiger partial charge in [0.25, 0.3) is 10.2 Å². The van der Waals surface area contributed by atoms with Crippen molar-refractivity contribution < 1.29 is 13.2 Å². The van der Waals surface area contributed by atoms with Gasteiger partial charge in [0.2, 0.25) is 0 Å². The third-order valence-corrected chi connectivity index (χ3v) is 8.30. The lowest BCUT2D eigenvalue weighted by Crippen LogP contribution is -2.41.